The van der Waals surface area contributed by atoms with E-state index in [2.05, 4.69) is 10.3 Å². The van der Waals surface area contributed by atoms with Gasteiger partial charge < -0.3 is 5.32 Å². The van der Waals surface area contributed by atoms with Crippen molar-refractivity contribution < 1.29 is 4.79 Å². The summed E-state index contributed by atoms with van der Waals surface area (Å²) in [4.78, 5) is 29.9. The van der Waals surface area contributed by atoms with Crippen molar-refractivity contribution in [3.8, 4) is 0 Å². The maximum Gasteiger partial charge on any atom is 0.262 e. The summed E-state index contributed by atoms with van der Waals surface area (Å²) in [5, 5.41) is 4.64. The number of carbonyl (C=O) groups excluding carboxylic acids is 1. The van der Waals surface area contributed by atoms with Crippen molar-refractivity contribution in [2.45, 2.75) is 38.0 Å². The predicted octanol–water partition coefficient (Wildman–Crippen LogP) is 4.11. The molecule has 5 nitrogen and oxygen atoms in total. The van der Waals surface area contributed by atoms with Crippen LogP contribution in [0.5, 0.6) is 0 Å². The van der Waals surface area contributed by atoms with Crippen LogP contribution in [0.25, 0.3) is 10.9 Å². The molecule has 1 amide bonds. The van der Waals surface area contributed by atoms with Crippen LogP contribution in [0.4, 0.5) is 0 Å². The highest BCUT2D eigenvalue weighted by atomic mass is 35.5. The number of benzene rings is 2. The number of halogens is 1. The van der Waals surface area contributed by atoms with Crippen molar-refractivity contribution in [2.75, 3.05) is 5.75 Å². The normalized spacial score (nSPS) is 11.6. The van der Waals surface area contributed by atoms with E-state index in [0.29, 0.717) is 27.6 Å². The Labute approximate surface area is 173 Å². The fourth-order valence-corrected chi connectivity index (χ4v) is 3.68. The molecule has 0 unspecified atom stereocenters. The first-order valence-corrected chi connectivity index (χ1v) is 10.3. The number of nitrogens with one attached hydrogen (secondary N) is 1. The van der Waals surface area contributed by atoms with E-state index in [-0.39, 0.29) is 22.8 Å². The van der Waals surface area contributed by atoms with E-state index in [0.717, 1.165) is 5.56 Å². The molecule has 146 valence electrons. The van der Waals surface area contributed by atoms with Crippen LogP contribution in [0.15, 0.2) is 58.5 Å². The average Bonchev–Trinajstić information content (AvgIpc) is 2.63. The minimum absolute atomic E-state index is 0.0991. The number of rotatable bonds is 5. The lowest BCUT2D eigenvalue weighted by Crippen LogP contribution is -2.41. The molecule has 1 N–H and O–H groups in total. The fourth-order valence-electron chi connectivity index (χ4n) is 2.75. The van der Waals surface area contributed by atoms with Gasteiger partial charge in [-0.3, -0.25) is 14.2 Å². The lowest BCUT2D eigenvalue weighted by molar-refractivity contribution is -0.119. The number of thioether (sulfide) groups is 1. The van der Waals surface area contributed by atoms with Crippen molar-refractivity contribution in [1.29, 1.82) is 0 Å². The van der Waals surface area contributed by atoms with E-state index in [4.69, 9.17) is 11.6 Å². The molecule has 0 atom stereocenters. The molecule has 0 spiro atoms. The summed E-state index contributed by atoms with van der Waals surface area (Å²) in [6, 6.07) is 14.6. The minimum atomic E-state index is -0.308. The Hall–Kier alpha value is -2.31. The van der Waals surface area contributed by atoms with Crippen LogP contribution in [-0.4, -0.2) is 26.8 Å². The highest BCUT2D eigenvalue weighted by molar-refractivity contribution is 7.99. The van der Waals surface area contributed by atoms with Crippen LogP contribution in [0.2, 0.25) is 5.02 Å². The molecule has 7 heteroatoms. The molecule has 2 aromatic carbocycles. The van der Waals surface area contributed by atoms with Crippen LogP contribution >= 0.6 is 23.4 Å². The van der Waals surface area contributed by atoms with Crippen molar-refractivity contribution in [1.82, 2.24) is 14.9 Å². The van der Waals surface area contributed by atoms with Gasteiger partial charge in [0.15, 0.2) is 5.16 Å². The summed E-state index contributed by atoms with van der Waals surface area (Å²) >= 11 is 7.22. The molecule has 3 rings (SSSR count). The molecule has 0 fully saturated rings. The van der Waals surface area contributed by atoms with E-state index >= 15 is 0 Å². The number of fused-ring (bicyclic) bond motifs is 1. The van der Waals surface area contributed by atoms with Crippen molar-refractivity contribution >= 4 is 40.2 Å². The van der Waals surface area contributed by atoms with E-state index in [1.54, 1.807) is 22.8 Å². The van der Waals surface area contributed by atoms with Crippen LogP contribution in [0.3, 0.4) is 0 Å². The molecule has 0 saturated carbocycles. The first-order valence-electron chi connectivity index (χ1n) is 8.91. The van der Waals surface area contributed by atoms with Gasteiger partial charge >= 0.3 is 0 Å². The third kappa shape index (κ3) is 5.14. The standard InChI is InChI=1S/C21H22ClN3O2S/c1-21(2,3)24-18(26)13-28-20-23-17-7-5-4-6-16(17)19(27)25(20)12-14-8-10-15(22)11-9-14/h4-11H,12-13H2,1-3H3,(H,24,26). The average molecular weight is 416 g/mol. The van der Waals surface area contributed by atoms with Crippen LogP contribution in [-0.2, 0) is 11.3 Å². The summed E-state index contributed by atoms with van der Waals surface area (Å²) < 4.78 is 1.61. The molecule has 0 aliphatic heterocycles. The molecule has 3 aromatic rings. The predicted molar refractivity (Wildman–Crippen MR) is 115 cm³/mol. The Bertz CT molecular complexity index is 1060. The van der Waals surface area contributed by atoms with Gasteiger partial charge in [0.2, 0.25) is 5.91 Å². The molecular weight excluding hydrogens is 394 g/mol. The van der Waals surface area contributed by atoms with Crippen molar-refractivity contribution in [3.63, 3.8) is 0 Å². The minimum Gasteiger partial charge on any atom is -0.351 e. The number of para-hydroxylation sites is 1. The van der Waals surface area contributed by atoms with Gasteiger partial charge in [0, 0.05) is 10.6 Å². The molecule has 0 bridgehead atoms. The summed E-state index contributed by atoms with van der Waals surface area (Å²) in [6.07, 6.45) is 0. The molecule has 0 radical (unpaired) electrons. The van der Waals surface area contributed by atoms with E-state index in [9.17, 15) is 9.59 Å². The molecule has 0 saturated heterocycles. The maximum absolute atomic E-state index is 13.1. The van der Waals surface area contributed by atoms with Gasteiger partial charge in [-0.05, 0) is 50.6 Å². The fraction of sp³-hybridized carbons (Fsp3) is 0.286. The first kappa shape index (κ1) is 20.4. The Morgan fingerprint density at radius 1 is 1.14 bits per heavy atom. The number of nitrogens with zero attached hydrogens (tertiary/aromatic N) is 2. The highest BCUT2D eigenvalue weighted by Crippen LogP contribution is 2.20. The smallest absolute Gasteiger partial charge is 0.262 e. The Kier molecular flexibility index (Phi) is 6.10. The SMILES string of the molecule is CC(C)(C)NC(=O)CSc1nc2ccccc2c(=O)n1Cc1ccc(Cl)cc1. The van der Waals surface area contributed by atoms with Gasteiger partial charge in [0.25, 0.3) is 5.56 Å². The third-order valence-corrected chi connectivity index (χ3v) is 5.16. The van der Waals surface area contributed by atoms with Gasteiger partial charge in [-0.2, -0.15) is 0 Å². The lowest BCUT2D eigenvalue weighted by atomic mass is 10.1. The van der Waals surface area contributed by atoms with E-state index in [1.165, 1.54) is 11.8 Å². The van der Waals surface area contributed by atoms with Crippen molar-refractivity contribution in [3.05, 3.63) is 69.5 Å². The van der Waals surface area contributed by atoms with E-state index in [1.807, 2.05) is 51.1 Å². The Morgan fingerprint density at radius 3 is 2.50 bits per heavy atom. The zero-order chi connectivity index (χ0) is 20.3. The third-order valence-electron chi connectivity index (χ3n) is 3.93. The molecular formula is C21H22ClN3O2S. The molecule has 0 aliphatic carbocycles. The van der Waals surface area contributed by atoms with Crippen LogP contribution < -0.4 is 10.9 Å². The summed E-state index contributed by atoms with van der Waals surface area (Å²) in [5.74, 6) is 0.0841. The second kappa shape index (κ2) is 8.37. The maximum atomic E-state index is 13.1. The van der Waals surface area contributed by atoms with Gasteiger partial charge in [-0.25, -0.2) is 4.98 Å². The van der Waals surface area contributed by atoms with Crippen LogP contribution in [0, 0.1) is 0 Å². The number of hydrogen-bond acceptors (Lipinski definition) is 4. The Morgan fingerprint density at radius 2 is 1.82 bits per heavy atom. The number of carbonyl (C=O) groups is 1. The summed E-state index contributed by atoms with van der Waals surface area (Å²) in [5.41, 5.74) is 1.12. The van der Waals surface area contributed by atoms with Gasteiger partial charge in [0.05, 0.1) is 23.2 Å². The molecule has 28 heavy (non-hydrogen) atoms. The summed E-state index contributed by atoms with van der Waals surface area (Å²) in [6.45, 7) is 6.15. The largest absolute Gasteiger partial charge is 0.351 e. The number of aromatic nitrogens is 2. The molecule has 1 aromatic heterocycles. The number of amides is 1. The quantitative estimate of drug-likeness (QED) is 0.503. The van der Waals surface area contributed by atoms with Crippen molar-refractivity contribution in [2.24, 2.45) is 0 Å². The van der Waals surface area contributed by atoms with E-state index < -0.39 is 0 Å². The van der Waals surface area contributed by atoms with Gasteiger partial charge in [-0.15, -0.1) is 0 Å². The monoisotopic (exact) mass is 415 g/mol. The first-order chi connectivity index (χ1) is 13.2. The molecule has 1 heterocycles. The lowest BCUT2D eigenvalue weighted by Gasteiger charge is -2.20. The summed E-state index contributed by atoms with van der Waals surface area (Å²) in [7, 11) is 0. The zero-order valence-electron chi connectivity index (χ0n) is 16.0. The second-order valence-corrected chi connectivity index (χ2v) is 8.90. The zero-order valence-corrected chi connectivity index (χ0v) is 17.6. The Balaban J connectivity index is 1.95. The highest BCUT2D eigenvalue weighted by Gasteiger charge is 2.17. The second-order valence-electron chi connectivity index (χ2n) is 7.52. The topological polar surface area (TPSA) is 64.0 Å². The van der Waals surface area contributed by atoms with Gasteiger partial charge in [0.1, 0.15) is 0 Å². The van der Waals surface area contributed by atoms with Gasteiger partial charge in [-0.1, -0.05) is 47.6 Å². The number of hydrogen-bond donors (Lipinski definition) is 1. The molecule has 0 aliphatic rings. The van der Waals surface area contributed by atoms with Crippen LogP contribution in [0.1, 0.15) is 26.3 Å².